The van der Waals surface area contributed by atoms with E-state index in [1.54, 1.807) is 6.92 Å². The number of carbonyl (C=O) groups excluding carboxylic acids is 1. The molecule has 15 heavy (non-hydrogen) atoms. The third-order valence-electron chi connectivity index (χ3n) is 1.37. The summed E-state index contributed by atoms with van der Waals surface area (Å²) in [5.41, 5.74) is 0.420. The molecule has 0 aliphatic carbocycles. The molecule has 0 aromatic carbocycles. The molecule has 0 aliphatic heterocycles. The van der Waals surface area contributed by atoms with Crippen LogP contribution in [0.15, 0.2) is 12.2 Å². The summed E-state index contributed by atoms with van der Waals surface area (Å²) >= 11 is 0. The fourth-order valence-corrected chi connectivity index (χ4v) is 0.689. The first kappa shape index (κ1) is 16.6. The van der Waals surface area contributed by atoms with Crippen molar-refractivity contribution in [2.24, 2.45) is 0 Å². The summed E-state index contributed by atoms with van der Waals surface area (Å²) in [4.78, 5) is 10.8. The normalized spacial score (nSPS) is 8.80. The summed E-state index contributed by atoms with van der Waals surface area (Å²) in [5, 5.41) is 11.4. The van der Waals surface area contributed by atoms with Gasteiger partial charge in [-0.15, -0.1) is 0 Å². The highest BCUT2D eigenvalue weighted by molar-refractivity contribution is 5.86. The van der Waals surface area contributed by atoms with Crippen LogP contribution in [0.4, 0.5) is 0 Å². The third-order valence-corrected chi connectivity index (χ3v) is 1.37. The average Bonchev–Trinajstić information content (AvgIpc) is 2.25. The quantitative estimate of drug-likeness (QED) is 0.381. The number of nitrogens with one attached hydrogen (secondary N) is 1. The maximum Gasteiger partial charge on any atom is 0.333 e. The van der Waals surface area contributed by atoms with E-state index < -0.39 is 0 Å². The topological polar surface area (TPSA) is 58.6 Å². The fourth-order valence-electron chi connectivity index (χ4n) is 0.689. The molecule has 4 heteroatoms. The Morgan fingerprint density at radius 1 is 1.40 bits per heavy atom. The number of hydrogen-bond acceptors (Lipinski definition) is 4. The molecule has 0 aliphatic rings. The van der Waals surface area contributed by atoms with Crippen molar-refractivity contribution in [1.29, 1.82) is 0 Å². The van der Waals surface area contributed by atoms with E-state index in [0.717, 1.165) is 13.0 Å². The van der Waals surface area contributed by atoms with Crippen molar-refractivity contribution in [3.05, 3.63) is 12.2 Å². The largest absolute Gasteiger partial charge is 0.462 e. The van der Waals surface area contributed by atoms with Gasteiger partial charge in [-0.2, -0.15) is 0 Å². The number of esters is 1. The zero-order valence-corrected chi connectivity index (χ0v) is 10.0. The van der Waals surface area contributed by atoms with Gasteiger partial charge in [0.25, 0.3) is 0 Å². The molecule has 0 bridgehead atoms. The SMILES string of the molecule is C=C(C)C(=O)OCCCNCCO.CC. The molecular formula is C11H23NO3. The summed E-state index contributed by atoms with van der Waals surface area (Å²) in [7, 11) is 0. The monoisotopic (exact) mass is 217 g/mol. The highest BCUT2D eigenvalue weighted by Crippen LogP contribution is 1.92. The van der Waals surface area contributed by atoms with E-state index >= 15 is 0 Å². The van der Waals surface area contributed by atoms with Gasteiger partial charge >= 0.3 is 5.97 Å². The molecule has 90 valence electrons. The summed E-state index contributed by atoms with van der Waals surface area (Å²) in [6.07, 6.45) is 0.749. The maximum atomic E-state index is 10.8. The Kier molecular flexibility index (Phi) is 14.5. The van der Waals surface area contributed by atoms with Gasteiger partial charge in [0, 0.05) is 12.1 Å². The van der Waals surface area contributed by atoms with Crippen LogP contribution in [0.2, 0.25) is 0 Å². The lowest BCUT2D eigenvalue weighted by atomic mass is 10.3. The molecule has 0 rings (SSSR count). The lowest BCUT2D eigenvalue weighted by Gasteiger charge is -2.04. The predicted octanol–water partition coefficient (Wildman–Crippen LogP) is 1.10. The third kappa shape index (κ3) is 13.1. The minimum absolute atomic E-state index is 0.131. The van der Waals surface area contributed by atoms with Crippen molar-refractivity contribution in [1.82, 2.24) is 5.32 Å². The molecule has 0 unspecified atom stereocenters. The van der Waals surface area contributed by atoms with E-state index in [2.05, 4.69) is 11.9 Å². The number of rotatable bonds is 7. The Balaban J connectivity index is 0. The maximum absolute atomic E-state index is 10.8. The standard InChI is InChI=1S/C9H17NO3.C2H6/c1-8(2)9(12)13-7-3-4-10-5-6-11;1-2/h10-11H,1,3-7H2,2H3;1-2H3. The second kappa shape index (κ2) is 13.1. The molecule has 4 nitrogen and oxygen atoms in total. The molecule has 0 atom stereocenters. The van der Waals surface area contributed by atoms with Gasteiger partial charge in [0.05, 0.1) is 13.2 Å². The first-order valence-corrected chi connectivity index (χ1v) is 5.32. The Morgan fingerprint density at radius 3 is 2.47 bits per heavy atom. The van der Waals surface area contributed by atoms with Gasteiger partial charge < -0.3 is 15.2 Å². The first-order chi connectivity index (χ1) is 7.18. The lowest BCUT2D eigenvalue weighted by Crippen LogP contribution is -2.21. The first-order valence-electron chi connectivity index (χ1n) is 5.32. The van der Waals surface area contributed by atoms with Crippen molar-refractivity contribution in [2.75, 3.05) is 26.3 Å². The van der Waals surface area contributed by atoms with Crippen LogP contribution in [0, 0.1) is 0 Å². The van der Waals surface area contributed by atoms with E-state index in [1.807, 2.05) is 13.8 Å². The van der Waals surface area contributed by atoms with Gasteiger partial charge in [0.15, 0.2) is 0 Å². The average molecular weight is 217 g/mol. The Bertz CT molecular complexity index is 169. The van der Waals surface area contributed by atoms with E-state index in [9.17, 15) is 4.79 Å². The van der Waals surface area contributed by atoms with Crippen molar-refractivity contribution < 1.29 is 14.6 Å². The van der Waals surface area contributed by atoms with Gasteiger partial charge in [0.1, 0.15) is 0 Å². The molecule has 0 aromatic heterocycles. The van der Waals surface area contributed by atoms with Crippen LogP contribution in [-0.2, 0) is 9.53 Å². The Morgan fingerprint density at radius 2 is 2.00 bits per heavy atom. The lowest BCUT2D eigenvalue weighted by molar-refractivity contribution is -0.139. The van der Waals surface area contributed by atoms with Crippen LogP contribution in [0.25, 0.3) is 0 Å². The molecular weight excluding hydrogens is 194 g/mol. The van der Waals surface area contributed by atoms with Crippen molar-refractivity contribution in [3.63, 3.8) is 0 Å². The number of aliphatic hydroxyl groups excluding tert-OH is 1. The van der Waals surface area contributed by atoms with Gasteiger partial charge in [-0.3, -0.25) is 0 Å². The van der Waals surface area contributed by atoms with Crippen LogP contribution in [0.3, 0.4) is 0 Å². The zero-order chi connectivity index (χ0) is 12.1. The highest BCUT2D eigenvalue weighted by atomic mass is 16.5. The molecule has 0 spiro atoms. The van der Waals surface area contributed by atoms with Crippen LogP contribution in [0.5, 0.6) is 0 Å². The molecule has 0 aromatic rings. The summed E-state index contributed by atoms with van der Waals surface area (Å²) in [6.45, 7) is 10.9. The molecule has 0 heterocycles. The molecule has 0 amide bonds. The van der Waals surface area contributed by atoms with Crippen LogP contribution >= 0.6 is 0 Å². The van der Waals surface area contributed by atoms with Gasteiger partial charge in [-0.25, -0.2) is 4.79 Å². The minimum atomic E-state index is -0.345. The predicted molar refractivity (Wildman–Crippen MR) is 61.7 cm³/mol. The van der Waals surface area contributed by atoms with Crippen LogP contribution < -0.4 is 5.32 Å². The van der Waals surface area contributed by atoms with Crippen molar-refractivity contribution in [3.8, 4) is 0 Å². The van der Waals surface area contributed by atoms with Gasteiger partial charge in [-0.05, 0) is 19.9 Å². The number of hydrogen-bond donors (Lipinski definition) is 2. The van der Waals surface area contributed by atoms with Crippen molar-refractivity contribution in [2.45, 2.75) is 27.2 Å². The van der Waals surface area contributed by atoms with Gasteiger partial charge in [-0.1, -0.05) is 20.4 Å². The highest BCUT2D eigenvalue weighted by Gasteiger charge is 2.01. The second-order valence-corrected chi connectivity index (χ2v) is 2.74. The zero-order valence-electron chi connectivity index (χ0n) is 10.0. The summed E-state index contributed by atoms with van der Waals surface area (Å²) in [5.74, 6) is -0.345. The van der Waals surface area contributed by atoms with E-state index in [1.165, 1.54) is 0 Å². The fraction of sp³-hybridized carbons (Fsp3) is 0.727. The van der Waals surface area contributed by atoms with E-state index in [0.29, 0.717) is 18.7 Å². The van der Waals surface area contributed by atoms with E-state index in [-0.39, 0.29) is 12.6 Å². The summed E-state index contributed by atoms with van der Waals surface area (Å²) in [6, 6.07) is 0. The van der Waals surface area contributed by atoms with Crippen LogP contribution in [0.1, 0.15) is 27.2 Å². The Labute approximate surface area is 92.3 Å². The van der Waals surface area contributed by atoms with Crippen molar-refractivity contribution >= 4 is 5.97 Å². The van der Waals surface area contributed by atoms with Crippen LogP contribution in [-0.4, -0.2) is 37.4 Å². The number of aliphatic hydroxyl groups is 1. The van der Waals surface area contributed by atoms with E-state index in [4.69, 9.17) is 9.84 Å². The molecule has 0 fully saturated rings. The Hall–Kier alpha value is -0.870. The molecule has 0 radical (unpaired) electrons. The number of ether oxygens (including phenoxy) is 1. The summed E-state index contributed by atoms with van der Waals surface area (Å²) < 4.78 is 4.84. The van der Waals surface area contributed by atoms with Gasteiger partial charge in [0.2, 0.25) is 0 Å². The molecule has 0 saturated heterocycles. The smallest absolute Gasteiger partial charge is 0.333 e. The minimum Gasteiger partial charge on any atom is -0.462 e. The molecule has 2 N–H and O–H groups in total. The number of carbonyl (C=O) groups is 1. The second-order valence-electron chi connectivity index (χ2n) is 2.74. The molecule has 0 saturated carbocycles.